The van der Waals surface area contributed by atoms with Crippen LogP contribution in [0.3, 0.4) is 0 Å². The van der Waals surface area contributed by atoms with Gasteiger partial charge in [0.1, 0.15) is 11.9 Å². The van der Waals surface area contributed by atoms with Crippen molar-refractivity contribution in [3.05, 3.63) is 23.9 Å². The maximum absolute atomic E-state index is 9.01. The average Bonchev–Trinajstić information content (AvgIpc) is 2.96. The van der Waals surface area contributed by atoms with Gasteiger partial charge in [0.15, 0.2) is 0 Å². The van der Waals surface area contributed by atoms with Crippen LogP contribution in [-0.2, 0) is 0 Å². The number of hydrogen-bond acceptors (Lipinski definition) is 6. The van der Waals surface area contributed by atoms with Crippen molar-refractivity contribution in [2.75, 3.05) is 31.5 Å². The van der Waals surface area contributed by atoms with Crippen LogP contribution in [0.15, 0.2) is 18.3 Å². The highest BCUT2D eigenvalue weighted by Crippen LogP contribution is 2.26. The van der Waals surface area contributed by atoms with Crippen LogP contribution in [0.2, 0.25) is 0 Å². The van der Waals surface area contributed by atoms with Crippen LogP contribution < -0.4 is 21.5 Å². The van der Waals surface area contributed by atoms with Crippen LogP contribution in [0.1, 0.15) is 26.3 Å². The highest BCUT2D eigenvalue weighted by atomic mass is 15.4. The zero-order valence-electron chi connectivity index (χ0n) is 13.6. The number of hydrogen-bond donors (Lipinski definition) is 4. The largest absolute Gasteiger partial charge is 0.368 e. The summed E-state index contributed by atoms with van der Waals surface area (Å²) >= 11 is 0. The molecule has 4 N–H and O–H groups in total. The molecule has 2 heterocycles. The molecule has 2 atom stereocenters. The fourth-order valence-electron chi connectivity index (χ4n) is 2.84. The highest BCUT2D eigenvalue weighted by Gasteiger charge is 2.35. The summed E-state index contributed by atoms with van der Waals surface area (Å²) in [5, 5.41) is 15.7. The second-order valence-electron chi connectivity index (χ2n) is 6.77. The van der Waals surface area contributed by atoms with Crippen LogP contribution in [-0.4, -0.2) is 37.2 Å². The van der Waals surface area contributed by atoms with Crippen LogP contribution in [0.25, 0.3) is 0 Å². The van der Waals surface area contributed by atoms with E-state index in [0.29, 0.717) is 23.3 Å². The summed E-state index contributed by atoms with van der Waals surface area (Å²) in [4.78, 5) is 4.19. The van der Waals surface area contributed by atoms with E-state index >= 15 is 0 Å². The van der Waals surface area contributed by atoms with E-state index in [4.69, 9.17) is 5.26 Å². The van der Waals surface area contributed by atoms with Crippen LogP contribution in [0.5, 0.6) is 0 Å². The lowest BCUT2D eigenvalue weighted by molar-refractivity contribution is 0.235. The summed E-state index contributed by atoms with van der Waals surface area (Å²) < 4.78 is 0. The number of rotatable bonds is 6. The Labute approximate surface area is 132 Å². The van der Waals surface area contributed by atoms with Crippen LogP contribution >= 0.6 is 0 Å². The van der Waals surface area contributed by atoms with Gasteiger partial charge >= 0.3 is 0 Å². The van der Waals surface area contributed by atoms with E-state index in [0.717, 1.165) is 26.2 Å². The van der Waals surface area contributed by atoms with E-state index in [1.54, 1.807) is 18.3 Å². The summed E-state index contributed by atoms with van der Waals surface area (Å²) in [7, 11) is 0. The number of pyridine rings is 1. The third-order valence-corrected chi connectivity index (χ3v) is 3.96. The highest BCUT2D eigenvalue weighted by molar-refractivity contribution is 5.51. The number of anilines is 1. The zero-order chi connectivity index (χ0) is 16.0. The number of aromatic nitrogens is 1. The molecule has 0 amide bonds. The standard InChI is InChI=1S/C16H26N6/c1-16(2,3)14-13(11-21-22-14)10-18-7-8-20-15-12(9-17)5-4-6-19-15/h4-6,13-14,18,21-22H,7-8,10-11H2,1-3H3,(H,19,20). The van der Waals surface area contributed by atoms with Crippen molar-refractivity contribution in [3.63, 3.8) is 0 Å². The topological polar surface area (TPSA) is 84.8 Å². The van der Waals surface area contributed by atoms with E-state index in [1.165, 1.54) is 0 Å². The van der Waals surface area contributed by atoms with Crippen molar-refractivity contribution in [1.82, 2.24) is 21.2 Å². The summed E-state index contributed by atoms with van der Waals surface area (Å²) in [5.41, 5.74) is 7.46. The minimum absolute atomic E-state index is 0.240. The fourth-order valence-corrected chi connectivity index (χ4v) is 2.84. The Bertz CT molecular complexity index is 516. The lowest BCUT2D eigenvalue weighted by atomic mass is 9.80. The SMILES string of the molecule is CC(C)(C)C1NNCC1CNCCNc1ncccc1C#N. The molecule has 0 bridgehead atoms. The van der Waals surface area contributed by atoms with Gasteiger partial charge in [-0.05, 0) is 17.5 Å². The van der Waals surface area contributed by atoms with Crippen LogP contribution in [0, 0.1) is 22.7 Å². The van der Waals surface area contributed by atoms with E-state index in [2.05, 4.69) is 53.3 Å². The van der Waals surface area contributed by atoms with Crippen molar-refractivity contribution in [2.45, 2.75) is 26.8 Å². The summed E-state index contributed by atoms with van der Waals surface area (Å²) in [6.45, 7) is 10.3. The van der Waals surface area contributed by atoms with Gasteiger partial charge in [-0.15, -0.1) is 0 Å². The van der Waals surface area contributed by atoms with Gasteiger partial charge in [0, 0.05) is 44.3 Å². The Morgan fingerprint density at radius 1 is 1.41 bits per heavy atom. The molecule has 0 aliphatic carbocycles. The number of nitrogens with one attached hydrogen (secondary N) is 4. The Hall–Kier alpha value is -1.68. The number of nitriles is 1. The summed E-state index contributed by atoms with van der Waals surface area (Å²) in [6, 6.07) is 6.15. The molecule has 0 aromatic carbocycles. The van der Waals surface area contributed by atoms with Gasteiger partial charge in [0.2, 0.25) is 0 Å². The molecule has 1 aromatic heterocycles. The third kappa shape index (κ3) is 4.41. The predicted octanol–water partition coefficient (Wildman–Crippen LogP) is 1.09. The smallest absolute Gasteiger partial charge is 0.143 e. The van der Waals surface area contributed by atoms with Gasteiger partial charge in [0.05, 0.1) is 5.56 Å². The predicted molar refractivity (Wildman–Crippen MR) is 88.2 cm³/mol. The molecule has 1 saturated heterocycles. The maximum Gasteiger partial charge on any atom is 0.143 e. The van der Waals surface area contributed by atoms with E-state index < -0.39 is 0 Å². The minimum Gasteiger partial charge on any atom is -0.368 e. The molecule has 0 saturated carbocycles. The van der Waals surface area contributed by atoms with Crippen molar-refractivity contribution >= 4 is 5.82 Å². The summed E-state index contributed by atoms with van der Waals surface area (Å²) in [5.74, 6) is 1.23. The number of nitrogens with zero attached hydrogens (tertiary/aromatic N) is 2. The molecule has 1 aliphatic heterocycles. The Balaban J connectivity index is 1.71. The van der Waals surface area contributed by atoms with Crippen molar-refractivity contribution in [2.24, 2.45) is 11.3 Å². The second kappa shape index (κ2) is 7.54. The Morgan fingerprint density at radius 3 is 2.95 bits per heavy atom. The molecule has 120 valence electrons. The van der Waals surface area contributed by atoms with Gasteiger partial charge in [-0.1, -0.05) is 20.8 Å². The normalized spacial score (nSPS) is 21.5. The van der Waals surface area contributed by atoms with Crippen molar-refractivity contribution in [1.29, 1.82) is 5.26 Å². The van der Waals surface area contributed by atoms with E-state index in [-0.39, 0.29) is 5.41 Å². The molecule has 2 rings (SSSR count). The van der Waals surface area contributed by atoms with Gasteiger partial charge in [-0.3, -0.25) is 10.9 Å². The molecular formula is C16H26N6. The molecule has 2 unspecified atom stereocenters. The Kier molecular flexibility index (Phi) is 5.72. The molecule has 0 spiro atoms. The van der Waals surface area contributed by atoms with E-state index in [9.17, 15) is 0 Å². The quantitative estimate of drug-likeness (QED) is 0.589. The average molecular weight is 302 g/mol. The molecule has 1 fully saturated rings. The number of hydrazine groups is 1. The first-order valence-electron chi connectivity index (χ1n) is 7.80. The first kappa shape index (κ1) is 16.7. The van der Waals surface area contributed by atoms with Gasteiger partial charge < -0.3 is 10.6 Å². The molecule has 6 heteroatoms. The lowest BCUT2D eigenvalue weighted by Crippen LogP contribution is -2.44. The van der Waals surface area contributed by atoms with Gasteiger partial charge in [-0.25, -0.2) is 4.98 Å². The third-order valence-electron chi connectivity index (χ3n) is 3.96. The molecule has 6 nitrogen and oxygen atoms in total. The first-order valence-corrected chi connectivity index (χ1v) is 7.80. The molecule has 22 heavy (non-hydrogen) atoms. The fraction of sp³-hybridized carbons (Fsp3) is 0.625. The first-order chi connectivity index (χ1) is 10.5. The van der Waals surface area contributed by atoms with Crippen molar-refractivity contribution in [3.8, 4) is 6.07 Å². The van der Waals surface area contributed by atoms with Crippen LogP contribution in [0.4, 0.5) is 5.82 Å². The second-order valence-corrected chi connectivity index (χ2v) is 6.77. The molecule has 1 aliphatic rings. The minimum atomic E-state index is 0.240. The molecule has 1 aromatic rings. The maximum atomic E-state index is 9.01. The van der Waals surface area contributed by atoms with Gasteiger partial charge in [-0.2, -0.15) is 5.26 Å². The molecule has 0 radical (unpaired) electrons. The van der Waals surface area contributed by atoms with Crippen molar-refractivity contribution < 1.29 is 0 Å². The summed E-state index contributed by atoms with van der Waals surface area (Å²) in [6.07, 6.45) is 1.69. The Morgan fingerprint density at radius 2 is 2.23 bits per heavy atom. The monoisotopic (exact) mass is 302 g/mol. The zero-order valence-corrected chi connectivity index (χ0v) is 13.6. The van der Waals surface area contributed by atoms with Gasteiger partial charge in [0.25, 0.3) is 0 Å². The van der Waals surface area contributed by atoms with E-state index in [1.807, 2.05) is 0 Å². The molecular weight excluding hydrogens is 276 g/mol. The lowest BCUT2D eigenvalue weighted by Gasteiger charge is -2.31.